The molecule has 0 radical (unpaired) electrons. The maximum Gasteiger partial charge on any atom is 0.318 e. The zero-order valence-corrected chi connectivity index (χ0v) is 6.40. The summed E-state index contributed by atoms with van der Waals surface area (Å²) in [6.45, 7) is 0. The molecular formula is C9H8O3. The second kappa shape index (κ2) is 1.79. The molecular weight excluding hydrogens is 156 g/mol. The molecule has 2 fully saturated rings. The summed E-state index contributed by atoms with van der Waals surface area (Å²) in [6.07, 6.45) is 5.06. The lowest BCUT2D eigenvalue weighted by molar-refractivity contribution is -0.154. The van der Waals surface area contributed by atoms with Gasteiger partial charge in [-0.3, -0.25) is 9.59 Å². The number of fused-ring (bicyclic) bond motifs is 5. The molecule has 0 spiro atoms. The summed E-state index contributed by atoms with van der Waals surface area (Å²) in [6, 6.07) is 0. The molecule has 0 unspecified atom stereocenters. The number of carbonyl (C=O) groups is 2. The van der Waals surface area contributed by atoms with Crippen LogP contribution in [0.3, 0.4) is 0 Å². The van der Waals surface area contributed by atoms with Gasteiger partial charge in [-0.15, -0.1) is 0 Å². The van der Waals surface area contributed by atoms with E-state index in [1.54, 1.807) is 0 Å². The Hall–Kier alpha value is -1.12. The summed E-state index contributed by atoms with van der Waals surface area (Å²) in [5.74, 6) is -0.346. The summed E-state index contributed by atoms with van der Waals surface area (Å²) in [7, 11) is 0. The number of hydrogen-bond acceptors (Lipinski definition) is 3. The van der Waals surface area contributed by atoms with Crippen LogP contribution in [0.2, 0.25) is 0 Å². The SMILES string of the molecule is O=C1OC(=O)[C@@H]2[C@@H]1[C@@H]1C=C[C@@H]2C1. The van der Waals surface area contributed by atoms with E-state index in [0.717, 1.165) is 6.42 Å². The fourth-order valence-electron chi connectivity index (χ4n) is 2.70. The molecule has 0 amide bonds. The van der Waals surface area contributed by atoms with Crippen molar-refractivity contribution in [2.45, 2.75) is 6.42 Å². The summed E-state index contributed by atoms with van der Waals surface area (Å²) < 4.78 is 4.59. The van der Waals surface area contributed by atoms with E-state index in [9.17, 15) is 9.59 Å². The van der Waals surface area contributed by atoms with Crippen molar-refractivity contribution in [3.8, 4) is 0 Å². The van der Waals surface area contributed by atoms with Crippen LogP contribution < -0.4 is 0 Å². The molecule has 12 heavy (non-hydrogen) atoms. The minimum Gasteiger partial charge on any atom is -0.393 e. The van der Waals surface area contributed by atoms with E-state index in [4.69, 9.17) is 0 Å². The van der Waals surface area contributed by atoms with E-state index >= 15 is 0 Å². The topological polar surface area (TPSA) is 43.4 Å². The second-order valence-corrected chi connectivity index (χ2v) is 3.74. The average molecular weight is 164 g/mol. The first-order valence-corrected chi connectivity index (χ1v) is 4.21. The fraction of sp³-hybridized carbons (Fsp3) is 0.556. The van der Waals surface area contributed by atoms with Gasteiger partial charge in [-0.2, -0.15) is 0 Å². The van der Waals surface area contributed by atoms with Gasteiger partial charge in [0.25, 0.3) is 0 Å². The molecule has 0 aromatic rings. The third-order valence-corrected chi connectivity index (χ3v) is 3.20. The first-order chi connectivity index (χ1) is 5.77. The van der Waals surface area contributed by atoms with E-state index in [-0.39, 0.29) is 35.6 Å². The van der Waals surface area contributed by atoms with Gasteiger partial charge in [-0.1, -0.05) is 12.2 Å². The zero-order chi connectivity index (χ0) is 8.29. The van der Waals surface area contributed by atoms with Crippen LogP contribution >= 0.6 is 0 Å². The number of carbonyl (C=O) groups excluding carboxylic acids is 2. The third-order valence-electron chi connectivity index (χ3n) is 3.20. The van der Waals surface area contributed by atoms with E-state index in [1.165, 1.54) is 0 Å². The highest BCUT2D eigenvalue weighted by Crippen LogP contribution is 2.51. The summed E-state index contributed by atoms with van der Waals surface area (Å²) in [4.78, 5) is 22.4. The van der Waals surface area contributed by atoms with Crippen molar-refractivity contribution in [3.63, 3.8) is 0 Å². The Balaban J connectivity index is 2.08. The van der Waals surface area contributed by atoms with Gasteiger partial charge in [0.05, 0.1) is 11.8 Å². The molecule has 1 saturated carbocycles. The molecule has 3 rings (SSSR count). The van der Waals surface area contributed by atoms with Gasteiger partial charge in [-0.05, 0) is 18.3 Å². The van der Waals surface area contributed by atoms with Gasteiger partial charge < -0.3 is 4.74 Å². The number of rotatable bonds is 0. The first-order valence-electron chi connectivity index (χ1n) is 4.21. The van der Waals surface area contributed by atoms with Gasteiger partial charge in [0, 0.05) is 0 Å². The smallest absolute Gasteiger partial charge is 0.318 e. The van der Waals surface area contributed by atoms with Gasteiger partial charge in [0.2, 0.25) is 0 Å². The Kier molecular flexibility index (Phi) is 0.953. The van der Waals surface area contributed by atoms with Crippen molar-refractivity contribution in [2.24, 2.45) is 23.7 Å². The molecule has 0 N–H and O–H groups in total. The standard InChI is InChI=1S/C9H8O3/c10-8-6-4-1-2-5(3-4)7(6)9(11)12-8/h1-2,4-7H,3H2/t4-,5-,6+,7+/m1/s1. The Morgan fingerprint density at radius 2 is 1.58 bits per heavy atom. The normalized spacial score (nSPS) is 48.3. The molecule has 1 saturated heterocycles. The lowest BCUT2D eigenvalue weighted by Gasteiger charge is -2.12. The van der Waals surface area contributed by atoms with Crippen molar-refractivity contribution < 1.29 is 14.3 Å². The highest BCUT2D eigenvalue weighted by Gasteiger charge is 2.57. The molecule has 3 aliphatic rings. The van der Waals surface area contributed by atoms with Crippen LogP contribution in [0.15, 0.2) is 12.2 Å². The lowest BCUT2D eigenvalue weighted by Crippen LogP contribution is -2.21. The Morgan fingerprint density at radius 3 is 2.08 bits per heavy atom. The van der Waals surface area contributed by atoms with Crippen molar-refractivity contribution in [1.29, 1.82) is 0 Å². The molecule has 1 heterocycles. The van der Waals surface area contributed by atoms with Crippen LogP contribution in [0.4, 0.5) is 0 Å². The van der Waals surface area contributed by atoms with Crippen molar-refractivity contribution in [3.05, 3.63) is 12.2 Å². The van der Waals surface area contributed by atoms with Crippen molar-refractivity contribution in [1.82, 2.24) is 0 Å². The summed E-state index contributed by atoms with van der Waals surface area (Å²) in [5.41, 5.74) is 0. The summed E-state index contributed by atoms with van der Waals surface area (Å²) in [5, 5.41) is 0. The van der Waals surface area contributed by atoms with Crippen LogP contribution in [0, 0.1) is 23.7 Å². The number of ether oxygens (including phenoxy) is 1. The first kappa shape index (κ1) is 6.40. The van der Waals surface area contributed by atoms with Crippen LogP contribution in [-0.2, 0) is 14.3 Å². The molecule has 2 bridgehead atoms. The largest absolute Gasteiger partial charge is 0.393 e. The van der Waals surface area contributed by atoms with Crippen LogP contribution in [0.25, 0.3) is 0 Å². The van der Waals surface area contributed by atoms with Gasteiger partial charge in [-0.25, -0.2) is 0 Å². The van der Waals surface area contributed by atoms with Crippen LogP contribution in [0.5, 0.6) is 0 Å². The Labute approximate surface area is 69.4 Å². The predicted molar refractivity (Wildman–Crippen MR) is 38.8 cm³/mol. The highest BCUT2D eigenvalue weighted by atomic mass is 16.6. The minimum absolute atomic E-state index is 0.146. The zero-order valence-electron chi connectivity index (χ0n) is 6.40. The third kappa shape index (κ3) is 0.543. The molecule has 62 valence electrons. The lowest BCUT2D eigenvalue weighted by atomic mass is 9.85. The van der Waals surface area contributed by atoms with E-state index in [2.05, 4.69) is 4.74 Å². The van der Waals surface area contributed by atoms with E-state index in [0.29, 0.717) is 0 Å². The monoisotopic (exact) mass is 164 g/mol. The average Bonchev–Trinajstić information content (AvgIpc) is 2.64. The minimum atomic E-state index is -0.304. The molecule has 3 nitrogen and oxygen atoms in total. The Bertz CT molecular complexity index is 277. The van der Waals surface area contributed by atoms with Crippen molar-refractivity contribution >= 4 is 11.9 Å². The van der Waals surface area contributed by atoms with E-state index < -0.39 is 0 Å². The maximum absolute atomic E-state index is 11.2. The van der Waals surface area contributed by atoms with Gasteiger partial charge in [0.15, 0.2) is 0 Å². The molecule has 2 aliphatic carbocycles. The van der Waals surface area contributed by atoms with Gasteiger partial charge in [0.1, 0.15) is 0 Å². The molecule has 0 aromatic carbocycles. The maximum atomic E-state index is 11.2. The van der Waals surface area contributed by atoms with Crippen LogP contribution in [-0.4, -0.2) is 11.9 Å². The molecule has 3 heteroatoms. The fourth-order valence-corrected chi connectivity index (χ4v) is 2.70. The molecule has 1 aliphatic heterocycles. The van der Waals surface area contributed by atoms with Crippen molar-refractivity contribution in [2.75, 3.05) is 0 Å². The van der Waals surface area contributed by atoms with Gasteiger partial charge >= 0.3 is 11.9 Å². The number of hydrogen-bond donors (Lipinski definition) is 0. The Morgan fingerprint density at radius 1 is 1.08 bits per heavy atom. The number of cyclic esters (lactones) is 2. The van der Waals surface area contributed by atoms with Crippen LogP contribution in [0.1, 0.15) is 6.42 Å². The quantitative estimate of drug-likeness (QED) is 0.297. The molecule has 4 atom stereocenters. The molecule has 0 aromatic heterocycles. The second-order valence-electron chi connectivity index (χ2n) is 3.74. The van der Waals surface area contributed by atoms with E-state index in [1.807, 2.05) is 12.2 Å². The predicted octanol–water partition coefficient (Wildman–Crippen LogP) is 0.508. The number of esters is 2. The number of allylic oxidation sites excluding steroid dienone is 2. The summed E-state index contributed by atoms with van der Waals surface area (Å²) >= 11 is 0. The highest BCUT2D eigenvalue weighted by molar-refractivity contribution is 5.98.